The molecule has 5 rings (SSSR count). The van der Waals surface area contributed by atoms with E-state index in [-0.39, 0.29) is 28.8 Å². The lowest BCUT2D eigenvalue weighted by Crippen LogP contribution is -2.63. The fourth-order valence-corrected chi connectivity index (χ4v) is 7.45. The van der Waals surface area contributed by atoms with Crippen molar-refractivity contribution in [2.45, 2.75) is 56.7 Å². The first kappa shape index (κ1) is 23.4. The zero-order valence-electron chi connectivity index (χ0n) is 19.4. The minimum atomic E-state index is -1.07. The van der Waals surface area contributed by atoms with Crippen LogP contribution in [0.3, 0.4) is 0 Å². The van der Waals surface area contributed by atoms with Crippen LogP contribution in [0, 0.1) is 11.8 Å². The lowest BCUT2D eigenvalue weighted by atomic mass is 9.79. The highest BCUT2D eigenvalue weighted by Crippen LogP contribution is 2.51. The quantitative estimate of drug-likeness (QED) is 0.449. The second-order valence-electron chi connectivity index (χ2n) is 9.69. The van der Waals surface area contributed by atoms with Crippen molar-refractivity contribution < 1.29 is 19.8 Å². The number of amides is 1. The highest BCUT2D eigenvalue weighted by molar-refractivity contribution is 8.03. The Morgan fingerprint density at radius 2 is 1.91 bits per heavy atom. The maximum absolute atomic E-state index is 12.6. The summed E-state index contributed by atoms with van der Waals surface area (Å²) in [5, 5.41) is 26.2. The summed E-state index contributed by atoms with van der Waals surface area (Å²) in [5.74, 6) is -1.97. The number of rotatable bonds is 7. The second kappa shape index (κ2) is 9.00. The van der Waals surface area contributed by atoms with Crippen LogP contribution in [0.4, 0.5) is 0 Å². The molecule has 2 aromatic rings. The molecule has 7 nitrogen and oxygen atoms in total. The smallest absolute Gasteiger partial charge is 0.353 e. The van der Waals surface area contributed by atoms with Crippen LogP contribution in [-0.2, 0) is 22.6 Å². The molecule has 0 bridgehead atoms. The predicted octanol–water partition coefficient (Wildman–Crippen LogP) is 2.46. The molecule has 34 heavy (non-hydrogen) atoms. The van der Waals surface area contributed by atoms with Gasteiger partial charge < -0.3 is 26.2 Å². The van der Waals surface area contributed by atoms with Gasteiger partial charge in [0.15, 0.2) is 0 Å². The number of thioether (sulfide) groups is 1. The molecule has 0 aliphatic carbocycles. The number of carboxylic acid groups (broad SMARTS) is 1. The van der Waals surface area contributed by atoms with Gasteiger partial charge in [-0.3, -0.25) is 4.79 Å². The molecule has 5 N–H and O–H groups in total. The van der Waals surface area contributed by atoms with Crippen molar-refractivity contribution in [2.24, 2.45) is 17.6 Å². The Kier molecular flexibility index (Phi) is 6.18. The molecule has 180 valence electrons. The van der Waals surface area contributed by atoms with Gasteiger partial charge in [-0.25, -0.2) is 4.79 Å². The third-order valence-electron chi connectivity index (χ3n) is 7.58. The van der Waals surface area contributed by atoms with E-state index in [1.807, 2.05) is 13.0 Å². The van der Waals surface area contributed by atoms with E-state index in [9.17, 15) is 19.8 Å². The molecule has 0 radical (unpaired) electrons. The summed E-state index contributed by atoms with van der Waals surface area (Å²) >= 11 is 1.59. The lowest BCUT2D eigenvalue weighted by Gasteiger charge is -2.46. The number of hydrogen-bond acceptors (Lipinski definition) is 6. The zero-order chi connectivity index (χ0) is 24.1. The number of hydrogen-bond donors (Lipinski definition) is 4. The number of fused-ring (bicyclic) bond motifs is 2. The molecule has 8 heteroatoms. The molecule has 0 spiro atoms. The Hall–Kier alpha value is -2.39. The van der Waals surface area contributed by atoms with Crippen molar-refractivity contribution in [1.29, 1.82) is 0 Å². The number of carbonyl (C=O) groups excluding carboxylic acids is 1. The van der Waals surface area contributed by atoms with Crippen molar-refractivity contribution in [3.63, 3.8) is 0 Å². The molecular weight excluding hydrogens is 450 g/mol. The van der Waals surface area contributed by atoms with Crippen LogP contribution in [0.5, 0.6) is 0 Å². The number of nitrogens with two attached hydrogens (primary N) is 1. The van der Waals surface area contributed by atoms with E-state index in [1.165, 1.54) is 21.2 Å². The summed E-state index contributed by atoms with van der Waals surface area (Å²) in [5.41, 5.74) is 8.46. The van der Waals surface area contributed by atoms with Gasteiger partial charge >= 0.3 is 5.97 Å². The van der Waals surface area contributed by atoms with Crippen molar-refractivity contribution in [3.05, 3.63) is 58.1 Å². The number of aliphatic carboxylic acids is 1. The highest BCUT2D eigenvalue weighted by atomic mass is 32.2. The molecule has 0 saturated carbocycles. The molecule has 2 unspecified atom stereocenters. The topological polar surface area (TPSA) is 116 Å². The van der Waals surface area contributed by atoms with Crippen LogP contribution in [0.15, 0.2) is 47.0 Å². The normalized spacial score (nSPS) is 29.5. The highest BCUT2D eigenvalue weighted by Gasteiger charge is 2.60. The van der Waals surface area contributed by atoms with Gasteiger partial charge in [0, 0.05) is 35.2 Å². The maximum Gasteiger partial charge on any atom is 0.353 e. The molecule has 2 aromatic carbocycles. The molecular formula is C26H31N3O4S. The third-order valence-corrected chi connectivity index (χ3v) is 9.09. The second-order valence-corrected chi connectivity index (χ2v) is 11.0. The SMILES string of the molecule is CC(O)[C@@H]1C(=O)N2C(C(=O)O)=C(S[C@@H]3CNC(Cc4ccc(CN)c5ccccc45)C3)[C@H](C)[C@H]12. The van der Waals surface area contributed by atoms with E-state index in [1.54, 1.807) is 18.7 Å². The number of benzene rings is 2. The van der Waals surface area contributed by atoms with Crippen LogP contribution in [-0.4, -0.2) is 57.0 Å². The van der Waals surface area contributed by atoms with Crippen LogP contribution >= 0.6 is 11.8 Å². The summed E-state index contributed by atoms with van der Waals surface area (Å²) in [7, 11) is 0. The fourth-order valence-electron chi connectivity index (χ4n) is 5.93. The van der Waals surface area contributed by atoms with Gasteiger partial charge in [-0.2, -0.15) is 0 Å². The molecule has 3 aliphatic heterocycles. The summed E-state index contributed by atoms with van der Waals surface area (Å²) in [4.78, 5) is 26.8. The molecule has 3 heterocycles. The molecule has 3 aliphatic rings. The monoisotopic (exact) mass is 481 g/mol. The average molecular weight is 482 g/mol. The molecule has 6 atom stereocenters. The first-order chi connectivity index (χ1) is 16.3. The van der Waals surface area contributed by atoms with Crippen molar-refractivity contribution in [1.82, 2.24) is 10.2 Å². The number of aliphatic hydroxyl groups is 1. The van der Waals surface area contributed by atoms with E-state index in [0.717, 1.165) is 29.9 Å². The Balaban J connectivity index is 1.31. The van der Waals surface area contributed by atoms with Gasteiger partial charge in [0.1, 0.15) is 5.70 Å². The van der Waals surface area contributed by atoms with Crippen LogP contribution < -0.4 is 11.1 Å². The van der Waals surface area contributed by atoms with Crippen molar-refractivity contribution in [3.8, 4) is 0 Å². The van der Waals surface area contributed by atoms with Gasteiger partial charge in [-0.1, -0.05) is 43.3 Å². The zero-order valence-corrected chi connectivity index (χ0v) is 20.2. The number of nitrogens with zero attached hydrogens (tertiary/aromatic N) is 1. The summed E-state index contributed by atoms with van der Waals surface area (Å²) in [6, 6.07) is 12.7. The maximum atomic E-state index is 12.6. The van der Waals surface area contributed by atoms with Crippen LogP contribution in [0.25, 0.3) is 10.8 Å². The van der Waals surface area contributed by atoms with Crippen LogP contribution in [0.1, 0.15) is 31.4 Å². The van der Waals surface area contributed by atoms with Crippen LogP contribution in [0.2, 0.25) is 0 Å². The number of β-lactam (4-membered cyclic amide) rings is 1. The van der Waals surface area contributed by atoms with Gasteiger partial charge in [0.25, 0.3) is 0 Å². The molecule has 1 amide bonds. The van der Waals surface area contributed by atoms with Gasteiger partial charge in [-0.15, -0.1) is 11.8 Å². The summed E-state index contributed by atoms with van der Waals surface area (Å²) < 4.78 is 0. The Morgan fingerprint density at radius 1 is 1.24 bits per heavy atom. The Labute approximate surface area is 203 Å². The van der Waals surface area contributed by atoms with E-state index in [4.69, 9.17) is 5.73 Å². The predicted molar refractivity (Wildman–Crippen MR) is 133 cm³/mol. The minimum absolute atomic E-state index is 0.0970. The molecule has 0 aromatic heterocycles. The largest absolute Gasteiger partial charge is 0.477 e. The van der Waals surface area contributed by atoms with Gasteiger partial charge in [0.2, 0.25) is 5.91 Å². The van der Waals surface area contributed by atoms with E-state index < -0.39 is 18.0 Å². The summed E-state index contributed by atoms with van der Waals surface area (Å²) in [6.07, 6.45) is 1.02. The Bertz CT molecular complexity index is 1180. The fraction of sp³-hybridized carbons (Fsp3) is 0.462. The number of carboxylic acids is 1. The molecule has 2 fully saturated rings. The van der Waals surface area contributed by atoms with Crippen molar-refractivity contribution >= 4 is 34.4 Å². The first-order valence-electron chi connectivity index (χ1n) is 11.9. The number of aliphatic hydroxyl groups excluding tert-OH is 1. The molecule has 2 saturated heterocycles. The number of nitrogens with one attached hydrogen (secondary N) is 1. The average Bonchev–Trinajstić information content (AvgIpc) is 3.34. The van der Waals surface area contributed by atoms with E-state index in [0.29, 0.717) is 12.6 Å². The standard InChI is InChI=1S/C26H31N3O4S/c1-13-22-21(14(2)30)25(31)29(22)23(26(32)33)24(13)34-18-10-17(28-12-18)9-15-7-8-16(11-27)20-6-4-3-5-19(15)20/h3-8,13-14,17-18,21-22,28,30H,9-12,27H2,1-2H3,(H,32,33)/t13-,14?,17?,18+,21+,22-/m1/s1. The van der Waals surface area contributed by atoms with Gasteiger partial charge in [0.05, 0.1) is 18.1 Å². The van der Waals surface area contributed by atoms with Gasteiger partial charge in [-0.05, 0) is 41.7 Å². The number of carbonyl (C=O) groups is 2. The third kappa shape index (κ3) is 3.73. The Morgan fingerprint density at radius 3 is 2.56 bits per heavy atom. The minimum Gasteiger partial charge on any atom is -0.477 e. The lowest BCUT2D eigenvalue weighted by molar-refractivity contribution is -0.163. The first-order valence-corrected chi connectivity index (χ1v) is 12.8. The van der Waals surface area contributed by atoms with E-state index in [2.05, 4.69) is 35.6 Å². The van der Waals surface area contributed by atoms with Crippen molar-refractivity contribution in [2.75, 3.05) is 6.54 Å². The summed E-state index contributed by atoms with van der Waals surface area (Å²) in [6.45, 7) is 4.88. The van der Waals surface area contributed by atoms with E-state index >= 15 is 0 Å².